The predicted octanol–water partition coefficient (Wildman–Crippen LogP) is 2.99. The number of ether oxygens (including phenoxy) is 2. The number of benzene rings is 1. The monoisotopic (exact) mass is 406 g/mol. The van der Waals surface area contributed by atoms with Crippen LogP contribution in [0.3, 0.4) is 0 Å². The van der Waals surface area contributed by atoms with E-state index in [2.05, 4.69) is 21.2 Å². The van der Waals surface area contributed by atoms with E-state index in [-0.39, 0.29) is 11.8 Å². The second-order valence-electron chi connectivity index (χ2n) is 7.45. The van der Waals surface area contributed by atoms with Gasteiger partial charge in [-0.3, -0.25) is 14.9 Å². The van der Waals surface area contributed by atoms with Gasteiger partial charge in [0.05, 0.1) is 25.8 Å². The van der Waals surface area contributed by atoms with E-state index in [1.165, 1.54) is 0 Å². The third-order valence-electron chi connectivity index (χ3n) is 5.40. The molecule has 0 spiro atoms. The van der Waals surface area contributed by atoms with E-state index in [9.17, 15) is 4.79 Å². The van der Waals surface area contributed by atoms with Gasteiger partial charge in [0.15, 0.2) is 0 Å². The molecule has 1 aromatic carbocycles. The molecule has 7 nitrogen and oxygen atoms in total. The van der Waals surface area contributed by atoms with Crippen LogP contribution in [0.2, 0.25) is 0 Å². The first kappa shape index (κ1) is 19.9. The van der Waals surface area contributed by atoms with Crippen molar-refractivity contribution in [3.05, 3.63) is 71.8 Å². The summed E-state index contributed by atoms with van der Waals surface area (Å²) >= 11 is 0. The average Bonchev–Trinajstić information content (AvgIpc) is 3.44. The standard InChI is InChI=1S/C23H26N4O3/c1-29-20-3-2-4-21(15-20)30-12-8-19-14-22(26-25-19)18-7-11-27(16-18)23(28)13-17-5-9-24-10-6-17/h2-6,9-10,14-15,18H,7-8,11-13,16H2,1H3,(H,25,26)/t18-/m0/s1. The molecule has 1 saturated heterocycles. The number of carbonyl (C=O) groups is 1. The Morgan fingerprint density at radius 2 is 2.03 bits per heavy atom. The first-order valence-corrected chi connectivity index (χ1v) is 10.2. The molecule has 0 bridgehead atoms. The summed E-state index contributed by atoms with van der Waals surface area (Å²) in [5, 5.41) is 7.59. The fourth-order valence-corrected chi connectivity index (χ4v) is 3.70. The number of nitrogens with zero attached hydrogens (tertiary/aromatic N) is 3. The van der Waals surface area contributed by atoms with Crippen LogP contribution < -0.4 is 9.47 Å². The molecule has 0 aliphatic carbocycles. The first-order chi connectivity index (χ1) is 14.7. The molecule has 30 heavy (non-hydrogen) atoms. The summed E-state index contributed by atoms with van der Waals surface area (Å²) in [6, 6.07) is 13.4. The van der Waals surface area contributed by atoms with Crippen molar-refractivity contribution < 1.29 is 14.3 Å². The Kier molecular flexibility index (Phi) is 6.27. The summed E-state index contributed by atoms with van der Waals surface area (Å²) in [6.45, 7) is 2.04. The summed E-state index contributed by atoms with van der Waals surface area (Å²) in [5.41, 5.74) is 3.05. The van der Waals surface area contributed by atoms with Gasteiger partial charge >= 0.3 is 0 Å². The minimum Gasteiger partial charge on any atom is -0.497 e. The number of methoxy groups -OCH3 is 1. The van der Waals surface area contributed by atoms with Crippen molar-refractivity contribution in [3.8, 4) is 11.5 Å². The van der Waals surface area contributed by atoms with E-state index in [0.717, 1.165) is 47.8 Å². The van der Waals surface area contributed by atoms with Gasteiger partial charge in [-0.05, 0) is 42.3 Å². The molecule has 4 rings (SSSR count). The van der Waals surface area contributed by atoms with Crippen LogP contribution >= 0.6 is 0 Å². The maximum Gasteiger partial charge on any atom is 0.227 e. The van der Waals surface area contributed by atoms with E-state index >= 15 is 0 Å². The van der Waals surface area contributed by atoms with Gasteiger partial charge in [-0.25, -0.2) is 0 Å². The molecule has 2 aromatic heterocycles. The fourth-order valence-electron chi connectivity index (χ4n) is 3.70. The second-order valence-corrected chi connectivity index (χ2v) is 7.45. The molecule has 1 amide bonds. The van der Waals surface area contributed by atoms with Gasteiger partial charge in [-0.1, -0.05) is 6.07 Å². The molecule has 1 N–H and O–H groups in total. The summed E-state index contributed by atoms with van der Waals surface area (Å²) < 4.78 is 11.0. The van der Waals surface area contributed by atoms with Crippen LogP contribution in [0.1, 0.15) is 29.3 Å². The summed E-state index contributed by atoms with van der Waals surface area (Å²) in [7, 11) is 1.64. The second kappa shape index (κ2) is 9.43. The van der Waals surface area contributed by atoms with E-state index in [4.69, 9.17) is 9.47 Å². The molecule has 0 radical (unpaired) electrons. The van der Waals surface area contributed by atoms with Crippen LogP contribution in [0, 0.1) is 0 Å². The SMILES string of the molecule is COc1cccc(OCCc2cc([C@H]3CCN(C(=O)Cc4ccncc4)C3)n[nH]2)c1. The molecular weight excluding hydrogens is 380 g/mol. The van der Waals surface area contributed by atoms with E-state index in [0.29, 0.717) is 19.6 Å². The van der Waals surface area contributed by atoms with Crippen molar-refractivity contribution in [1.82, 2.24) is 20.1 Å². The normalized spacial score (nSPS) is 15.9. The lowest BCUT2D eigenvalue weighted by Gasteiger charge is -2.16. The summed E-state index contributed by atoms with van der Waals surface area (Å²) in [5.74, 6) is 2.00. The highest BCUT2D eigenvalue weighted by molar-refractivity contribution is 5.79. The van der Waals surface area contributed by atoms with Crippen molar-refractivity contribution in [2.24, 2.45) is 0 Å². The van der Waals surface area contributed by atoms with Crippen molar-refractivity contribution in [2.75, 3.05) is 26.8 Å². The zero-order valence-electron chi connectivity index (χ0n) is 17.1. The Bertz CT molecular complexity index is 973. The van der Waals surface area contributed by atoms with Crippen LogP contribution in [0.4, 0.5) is 0 Å². The molecule has 0 saturated carbocycles. The highest BCUT2D eigenvalue weighted by atomic mass is 16.5. The topological polar surface area (TPSA) is 80.3 Å². The molecule has 1 aliphatic rings. The van der Waals surface area contributed by atoms with Crippen molar-refractivity contribution >= 4 is 5.91 Å². The van der Waals surface area contributed by atoms with Gasteiger partial charge in [0.1, 0.15) is 11.5 Å². The average molecular weight is 406 g/mol. The summed E-state index contributed by atoms with van der Waals surface area (Å²) in [4.78, 5) is 18.5. The molecular formula is C23H26N4O3. The minimum absolute atomic E-state index is 0.158. The van der Waals surface area contributed by atoms with Gasteiger partial charge in [-0.15, -0.1) is 0 Å². The number of rotatable bonds is 8. The largest absolute Gasteiger partial charge is 0.497 e. The number of H-pyrrole nitrogens is 1. The molecule has 1 fully saturated rings. The third kappa shape index (κ3) is 4.97. The smallest absolute Gasteiger partial charge is 0.227 e. The number of hydrogen-bond acceptors (Lipinski definition) is 5. The molecule has 0 unspecified atom stereocenters. The Hall–Kier alpha value is -3.35. The first-order valence-electron chi connectivity index (χ1n) is 10.2. The Labute approximate surface area is 176 Å². The van der Waals surface area contributed by atoms with E-state index < -0.39 is 0 Å². The van der Waals surface area contributed by atoms with Crippen LogP contribution in [-0.4, -0.2) is 52.8 Å². The molecule has 3 heterocycles. The highest BCUT2D eigenvalue weighted by Crippen LogP contribution is 2.27. The lowest BCUT2D eigenvalue weighted by atomic mass is 10.0. The number of hydrogen-bond donors (Lipinski definition) is 1. The van der Waals surface area contributed by atoms with Crippen molar-refractivity contribution in [3.63, 3.8) is 0 Å². The van der Waals surface area contributed by atoms with Gasteiger partial charge in [0, 0.05) is 49.6 Å². The van der Waals surface area contributed by atoms with Gasteiger partial charge in [0.2, 0.25) is 5.91 Å². The van der Waals surface area contributed by atoms with Gasteiger partial charge in [0.25, 0.3) is 0 Å². The number of pyridine rings is 1. The maximum absolute atomic E-state index is 12.6. The number of carbonyl (C=O) groups excluding carboxylic acids is 1. The van der Waals surface area contributed by atoms with E-state index in [1.807, 2.05) is 41.3 Å². The van der Waals surface area contributed by atoms with Crippen LogP contribution in [0.25, 0.3) is 0 Å². The number of aromatic amines is 1. The van der Waals surface area contributed by atoms with Crippen molar-refractivity contribution in [1.29, 1.82) is 0 Å². The Morgan fingerprint density at radius 1 is 1.20 bits per heavy atom. The molecule has 156 valence electrons. The van der Waals surface area contributed by atoms with Gasteiger partial charge < -0.3 is 14.4 Å². The maximum atomic E-state index is 12.6. The van der Waals surface area contributed by atoms with Gasteiger partial charge in [-0.2, -0.15) is 5.10 Å². The molecule has 3 aromatic rings. The zero-order valence-corrected chi connectivity index (χ0v) is 17.1. The minimum atomic E-state index is 0.158. The predicted molar refractivity (Wildman–Crippen MR) is 113 cm³/mol. The molecule has 1 atom stereocenters. The Morgan fingerprint density at radius 3 is 2.87 bits per heavy atom. The van der Waals surface area contributed by atoms with Crippen molar-refractivity contribution in [2.45, 2.75) is 25.2 Å². The number of amides is 1. The van der Waals surface area contributed by atoms with Crippen LogP contribution in [0.5, 0.6) is 11.5 Å². The summed E-state index contributed by atoms with van der Waals surface area (Å²) in [6.07, 6.45) is 5.54. The lowest BCUT2D eigenvalue weighted by Crippen LogP contribution is -2.29. The van der Waals surface area contributed by atoms with Crippen LogP contribution in [-0.2, 0) is 17.6 Å². The lowest BCUT2D eigenvalue weighted by molar-refractivity contribution is -0.129. The zero-order chi connectivity index (χ0) is 20.8. The number of aromatic nitrogens is 3. The molecule has 1 aliphatic heterocycles. The number of likely N-dealkylation sites (tertiary alicyclic amines) is 1. The highest BCUT2D eigenvalue weighted by Gasteiger charge is 2.28. The van der Waals surface area contributed by atoms with E-state index in [1.54, 1.807) is 19.5 Å². The number of nitrogens with one attached hydrogen (secondary N) is 1. The Balaban J connectivity index is 1.26. The third-order valence-corrected chi connectivity index (χ3v) is 5.40. The quantitative estimate of drug-likeness (QED) is 0.622. The molecule has 7 heteroatoms. The fraction of sp³-hybridized carbons (Fsp3) is 0.348. The van der Waals surface area contributed by atoms with Crippen LogP contribution in [0.15, 0.2) is 54.9 Å².